The third-order valence-electron chi connectivity index (χ3n) is 4.83. The van der Waals surface area contributed by atoms with Gasteiger partial charge in [-0.05, 0) is 37.7 Å². The van der Waals surface area contributed by atoms with E-state index in [-0.39, 0.29) is 0 Å². The van der Waals surface area contributed by atoms with Crippen molar-refractivity contribution in [1.29, 1.82) is 0 Å². The number of rotatable bonds is 4. The van der Waals surface area contributed by atoms with Crippen LogP contribution in [-0.2, 0) is 6.54 Å². The lowest BCUT2D eigenvalue weighted by atomic mass is 10.1. The predicted molar refractivity (Wildman–Crippen MR) is 92.3 cm³/mol. The van der Waals surface area contributed by atoms with E-state index in [1.54, 1.807) is 0 Å². The highest BCUT2D eigenvalue weighted by molar-refractivity contribution is 5.85. The zero-order valence-corrected chi connectivity index (χ0v) is 13.2. The van der Waals surface area contributed by atoms with Crippen LogP contribution < -0.4 is 0 Å². The van der Waals surface area contributed by atoms with Gasteiger partial charge < -0.3 is 9.47 Å². The SMILES string of the molecule is CN(C)[C@H]1C[C@@H]1c1cn(Cc2ccccc2)c2ccccc12. The van der Waals surface area contributed by atoms with Gasteiger partial charge >= 0.3 is 0 Å². The van der Waals surface area contributed by atoms with Crippen molar-refractivity contribution in [1.82, 2.24) is 9.47 Å². The fourth-order valence-electron chi connectivity index (χ4n) is 3.57. The maximum absolute atomic E-state index is 2.41. The van der Waals surface area contributed by atoms with Crippen molar-refractivity contribution in [2.75, 3.05) is 14.1 Å². The van der Waals surface area contributed by atoms with E-state index in [1.807, 2.05) is 0 Å². The summed E-state index contributed by atoms with van der Waals surface area (Å²) in [4.78, 5) is 2.36. The summed E-state index contributed by atoms with van der Waals surface area (Å²) in [5.41, 5.74) is 4.23. The van der Waals surface area contributed by atoms with Crippen LogP contribution >= 0.6 is 0 Å². The second kappa shape index (κ2) is 5.29. The van der Waals surface area contributed by atoms with E-state index in [9.17, 15) is 0 Å². The first kappa shape index (κ1) is 13.6. The highest BCUT2D eigenvalue weighted by Gasteiger charge is 2.41. The Kier molecular flexibility index (Phi) is 3.27. The number of aromatic nitrogens is 1. The number of hydrogen-bond acceptors (Lipinski definition) is 1. The minimum atomic E-state index is 0.692. The molecule has 2 aromatic carbocycles. The van der Waals surface area contributed by atoms with Crippen LogP contribution in [0.2, 0.25) is 0 Å². The van der Waals surface area contributed by atoms with Gasteiger partial charge in [0.15, 0.2) is 0 Å². The number of hydrogen-bond donors (Lipinski definition) is 0. The van der Waals surface area contributed by atoms with E-state index < -0.39 is 0 Å². The molecule has 0 saturated heterocycles. The molecular weight excluding hydrogens is 268 g/mol. The van der Waals surface area contributed by atoms with Gasteiger partial charge in [0.1, 0.15) is 0 Å². The van der Waals surface area contributed by atoms with Crippen molar-refractivity contribution in [2.24, 2.45) is 0 Å². The first-order valence-corrected chi connectivity index (χ1v) is 8.02. The Morgan fingerprint density at radius 2 is 1.73 bits per heavy atom. The van der Waals surface area contributed by atoms with Crippen molar-refractivity contribution >= 4 is 10.9 Å². The number of fused-ring (bicyclic) bond motifs is 1. The lowest BCUT2D eigenvalue weighted by molar-refractivity contribution is 0.391. The van der Waals surface area contributed by atoms with Crippen molar-refractivity contribution in [3.63, 3.8) is 0 Å². The summed E-state index contributed by atoms with van der Waals surface area (Å²) in [5, 5.41) is 1.42. The summed E-state index contributed by atoms with van der Waals surface area (Å²) in [6.07, 6.45) is 3.66. The molecule has 1 saturated carbocycles. The lowest BCUT2D eigenvalue weighted by Crippen LogP contribution is -2.15. The number of benzene rings is 2. The zero-order valence-electron chi connectivity index (χ0n) is 13.2. The molecule has 2 nitrogen and oxygen atoms in total. The third kappa shape index (κ3) is 2.34. The smallest absolute Gasteiger partial charge is 0.0486 e. The molecule has 2 atom stereocenters. The summed E-state index contributed by atoms with van der Waals surface area (Å²) >= 11 is 0. The molecule has 1 fully saturated rings. The maximum Gasteiger partial charge on any atom is 0.0486 e. The van der Waals surface area contributed by atoms with Crippen LogP contribution in [0, 0.1) is 0 Å². The van der Waals surface area contributed by atoms with Gasteiger partial charge in [0.2, 0.25) is 0 Å². The average Bonchev–Trinajstić information content (AvgIpc) is 3.26. The Morgan fingerprint density at radius 1 is 1.00 bits per heavy atom. The Labute approximate surface area is 132 Å². The van der Waals surface area contributed by atoms with Gasteiger partial charge in [-0.15, -0.1) is 0 Å². The molecule has 2 heteroatoms. The normalized spacial score (nSPS) is 20.7. The Hall–Kier alpha value is -2.06. The number of likely N-dealkylation sites (N-methyl/N-ethyl adjacent to an activating group) is 1. The number of para-hydroxylation sites is 1. The van der Waals surface area contributed by atoms with Crippen molar-refractivity contribution in [3.8, 4) is 0 Å². The fourth-order valence-corrected chi connectivity index (χ4v) is 3.57. The van der Waals surface area contributed by atoms with E-state index >= 15 is 0 Å². The molecule has 1 heterocycles. The summed E-state index contributed by atoms with van der Waals surface area (Å²) in [7, 11) is 4.38. The van der Waals surface area contributed by atoms with E-state index in [0.29, 0.717) is 12.0 Å². The average molecular weight is 290 g/mol. The molecule has 0 spiro atoms. The van der Waals surface area contributed by atoms with Gasteiger partial charge in [-0.25, -0.2) is 0 Å². The highest BCUT2D eigenvalue weighted by atomic mass is 15.1. The van der Waals surface area contributed by atoms with Crippen LogP contribution in [0.25, 0.3) is 10.9 Å². The standard InChI is InChI=1S/C20H22N2/c1-21(2)20-12-17(20)18-14-22(13-15-8-4-3-5-9-15)19-11-7-6-10-16(18)19/h3-11,14,17,20H,12-13H2,1-2H3/t17-,20+/m1/s1. The fraction of sp³-hybridized carbons (Fsp3) is 0.300. The minimum absolute atomic E-state index is 0.692. The van der Waals surface area contributed by atoms with Crippen LogP contribution in [0.3, 0.4) is 0 Å². The summed E-state index contributed by atoms with van der Waals surface area (Å²) in [6.45, 7) is 0.945. The van der Waals surface area contributed by atoms with E-state index in [1.165, 1.54) is 28.5 Å². The van der Waals surface area contributed by atoms with E-state index in [0.717, 1.165) is 6.54 Å². The zero-order chi connectivity index (χ0) is 15.1. The Bertz CT molecular complexity index is 786. The molecule has 0 amide bonds. The van der Waals surface area contributed by atoms with Crippen LogP contribution in [0.5, 0.6) is 0 Å². The Morgan fingerprint density at radius 3 is 2.45 bits per heavy atom. The summed E-state index contributed by atoms with van der Waals surface area (Å²) in [5.74, 6) is 0.692. The van der Waals surface area contributed by atoms with Crippen LogP contribution in [-0.4, -0.2) is 29.6 Å². The molecule has 1 aliphatic carbocycles. The molecule has 0 N–H and O–H groups in total. The van der Waals surface area contributed by atoms with E-state index in [2.05, 4.69) is 84.4 Å². The van der Waals surface area contributed by atoms with Crippen molar-refractivity contribution in [3.05, 3.63) is 71.9 Å². The third-order valence-corrected chi connectivity index (χ3v) is 4.83. The first-order chi connectivity index (χ1) is 10.7. The largest absolute Gasteiger partial charge is 0.343 e. The number of nitrogens with zero attached hydrogens (tertiary/aromatic N) is 2. The molecule has 1 aliphatic rings. The second-order valence-corrected chi connectivity index (χ2v) is 6.59. The summed E-state index contributed by atoms with van der Waals surface area (Å²) in [6, 6.07) is 20.2. The van der Waals surface area contributed by atoms with Gasteiger partial charge in [-0.2, -0.15) is 0 Å². The monoisotopic (exact) mass is 290 g/mol. The lowest BCUT2D eigenvalue weighted by Gasteiger charge is -2.07. The minimum Gasteiger partial charge on any atom is -0.343 e. The topological polar surface area (TPSA) is 8.17 Å². The van der Waals surface area contributed by atoms with Gasteiger partial charge in [0, 0.05) is 35.6 Å². The highest BCUT2D eigenvalue weighted by Crippen LogP contribution is 2.46. The Balaban J connectivity index is 1.73. The molecule has 0 unspecified atom stereocenters. The molecule has 22 heavy (non-hydrogen) atoms. The van der Waals surface area contributed by atoms with E-state index in [4.69, 9.17) is 0 Å². The van der Waals surface area contributed by atoms with Crippen molar-refractivity contribution < 1.29 is 0 Å². The predicted octanol–water partition coefficient (Wildman–Crippen LogP) is 4.11. The van der Waals surface area contributed by atoms with Gasteiger partial charge in [-0.1, -0.05) is 48.5 Å². The maximum atomic E-state index is 2.41. The molecule has 0 radical (unpaired) electrons. The molecule has 0 aliphatic heterocycles. The molecule has 112 valence electrons. The molecule has 1 aromatic heterocycles. The van der Waals surface area contributed by atoms with Crippen molar-refractivity contribution in [2.45, 2.75) is 24.9 Å². The first-order valence-electron chi connectivity index (χ1n) is 8.02. The van der Waals surface area contributed by atoms with Gasteiger partial charge in [-0.3, -0.25) is 0 Å². The van der Waals surface area contributed by atoms with Crippen LogP contribution in [0.1, 0.15) is 23.5 Å². The molecule has 0 bridgehead atoms. The molecular formula is C20H22N2. The van der Waals surface area contributed by atoms with Crippen LogP contribution in [0.15, 0.2) is 60.8 Å². The molecule has 4 rings (SSSR count). The van der Waals surface area contributed by atoms with Gasteiger partial charge in [0.05, 0.1) is 0 Å². The van der Waals surface area contributed by atoms with Gasteiger partial charge in [0.25, 0.3) is 0 Å². The quantitative estimate of drug-likeness (QED) is 0.702. The van der Waals surface area contributed by atoms with Crippen LogP contribution in [0.4, 0.5) is 0 Å². The second-order valence-electron chi connectivity index (χ2n) is 6.59. The molecule has 3 aromatic rings. The summed E-state index contributed by atoms with van der Waals surface area (Å²) < 4.78 is 2.41.